The number of carbonyl (C=O) groups is 1. The van der Waals surface area contributed by atoms with Crippen molar-refractivity contribution in [2.24, 2.45) is 0 Å². The number of anilines is 1. The molecule has 7 nitrogen and oxygen atoms in total. The maximum atomic E-state index is 12.3. The van der Waals surface area contributed by atoms with Crippen LogP contribution in [0.2, 0.25) is 5.02 Å². The second-order valence-corrected chi connectivity index (χ2v) is 8.42. The van der Waals surface area contributed by atoms with Crippen LogP contribution >= 0.6 is 35.2 Å². The van der Waals surface area contributed by atoms with Crippen LogP contribution < -0.4 is 10.1 Å². The lowest BCUT2D eigenvalue weighted by molar-refractivity contribution is -0.116. The molecule has 0 fully saturated rings. The van der Waals surface area contributed by atoms with Crippen LogP contribution in [0.1, 0.15) is 24.1 Å². The lowest BCUT2D eigenvalue weighted by Crippen LogP contribution is -2.12. The minimum Gasteiger partial charge on any atom is -0.493 e. The van der Waals surface area contributed by atoms with Crippen LogP contribution in [0.5, 0.6) is 5.75 Å². The van der Waals surface area contributed by atoms with Crippen molar-refractivity contribution >= 4 is 46.2 Å². The van der Waals surface area contributed by atoms with Crippen LogP contribution in [0.4, 0.5) is 5.13 Å². The third-order valence-corrected chi connectivity index (χ3v) is 5.87. The Labute approximate surface area is 188 Å². The van der Waals surface area contributed by atoms with Crippen LogP contribution in [-0.2, 0) is 11.3 Å². The minimum absolute atomic E-state index is 0.114. The Hall–Kier alpha value is -2.49. The Morgan fingerprint density at radius 1 is 1.47 bits per heavy atom. The molecule has 0 aliphatic rings. The number of hydrogen-bond acceptors (Lipinski definition) is 6. The van der Waals surface area contributed by atoms with E-state index in [4.69, 9.17) is 28.6 Å². The van der Waals surface area contributed by atoms with Gasteiger partial charge in [0.25, 0.3) is 0 Å². The number of nitrogens with one attached hydrogen (secondary N) is 2. The number of amides is 1. The van der Waals surface area contributed by atoms with Crippen molar-refractivity contribution in [1.29, 1.82) is 0 Å². The number of rotatable bonds is 9. The highest BCUT2D eigenvalue weighted by Crippen LogP contribution is 2.31. The van der Waals surface area contributed by atoms with Gasteiger partial charge in [-0.15, -0.1) is 6.58 Å². The molecule has 2 aromatic heterocycles. The van der Waals surface area contributed by atoms with Crippen molar-refractivity contribution in [2.45, 2.75) is 33.2 Å². The van der Waals surface area contributed by atoms with Crippen molar-refractivity contribution < 1.29 is 9.53 Å². The third kappa shape index (κ3) is 5.35. The van der Waals surface area contributed by atoms with E-state index >= 15 is 0 Å². The molecule has 0 atom stereocenters. The number of allylic oxidation sites excluding steroid dienone is 1. The van der Waals surface area contributed by atoms with Gasteiger partial charge in [-0.05, 0) is 56.2 Å². The van der Waals surface area contributed by atoms with Gasteiger partial charge in [0.05, 0.1) is 17.2 Å². The minimum atomic E-state index is -0.114. The number of aromatic nitrogens is 4. The van der Waals surface area contributed by atoms with E-state index in [0.717, 1.165) is 21.9 Å². The number of thiazole rings is 1. The molecule has 0 spiro atoms. The molecule has 158 valence electrons. The van der Waals surface area contributed by atoms with E-state index in [1.807, 2.05) is 30.5 Å². The molecule has 0 bridgehead atoms. The second kappa shape index (κ2) is 10.0. The van der Waals surface area contributed by atoms with Gasteiger partial charge in [-0.25, -0.2) is 4.98 Å². The van der Waals surface area contributed by atoms with E-state index in [0.29, 0.717) is 46.7 Å². The molecule has 1 aromatic carbocycles. The Balaban J connectivity index is 1.55. The molecular formula is C20H22ClN5O2S2. The molecule has 3 rings (SSSR count). The monoisotopic (exact) mass is 463 g/mol. The summed E-state index contributed by atoms with van der Waals surface area (Å²) in [5.74, 6) is 1.34. The van der Waals surface area contributed by atoms with Crippen molar-refractivity contribution in [3.05, 3.63) is 51.9 Å². The van der Waals surface area contributed by atoms with E-state index in [2.05, 4.69) is 27.1 Å². The van der Waals surface area contributed by atoms with Crippen LogP contribution in [-0.4, -0.2) is 32.3 Å². The van der Waals surface area contributed by atoms with Gasteiger partial charge in [-0.2, -0.15) is 5.10 Å². The first-order chi connectivity index (χ1) is 14.4. The number of carbonyl (C=O) groups excluding carboxylic acids is 1. The highest BCUT2D eigenvalue weighted by molar-refractivity contribution is 7.71. The van der Waals surface area contributed by atoms with Gasteiger partial charge in [0, 0.05) is 18.0 Å². The number of aromatic amines is 1. The molecule has 1 amide bonds. The van der Waals surface area contributed by atoms with Crippen molar-refractivity contribution in [3.63, 3.8) is 0 Å². The van der Waals surface area contributed by atoms with Gasteiger partial charge in [-0.3, -0.25) is 14.5 Å². The first-order valence-corrected chi connectivity index (χ1v) is 10.9. The Bertz CT molecular complexity index is 1120. The molecule has 30 heavy (non-hydrogen) atoms. The molecule has 10 heteroatoms. The molecular weight excluding hydrogens is 442 g/mol. The maximum absolute atomic E-state index is 12.3. The van der Waals surface area contributed by atoms with E-state index in [9.17, 15) is 4.79 Å². The number of benzene rings is 1. The summed E-state index contributed by atoms with van der Waals surface area (Å²) in [6.45, 7) is 8.53. The van der Waals surface area contributed by atoms with Gasteiger partial charge >= 0.3 is 0 Å². The number of ether oxygens (including phenoxy) is 1. The average molecular weight is 464 g/mol. The van der Waals surface area contributed by atoms with Crippen LogP contribution in [0.15, 0.2) is 30.9 Å². The molecule has 2 heterocycles. The number of nitrogens with zero attached hydrogens (tertiary/aromatic N) is 3. The number of H-pyrrole nitrogens is 1. The molecule has 0 radical (unpaired) electrons. The highest BCUT2D eigenvalue weighted by atomic mass is 35.5. The number of halogens is 1. The maximum Gasteiger partial charge on any atom is 0.226 e. The molecule has 0 unspecified atom stereocenters. The normalized spacial score (nSPS) is 10.8. The molecule has 0 saturated carbocycles. The number of hydrogen-bond donors (Lipinski definition) is 2. The fourth-order valence-corrected chi connectivity index (χ4v) is 4.23. The third-order valence-electron chi connectivity index (χ3n) is 4.26. The Morgan fingerprint density at radius 2 is 2.27 bits per heavy atom. The fourth-order valence-electron chi connectivity index (χ4n) is 2.82. The van der Waals surface area contributed by atoms with E-state index < -0.39 is 0 Å². The van der Waals surface area contributed by atoms with E-state index in [1.165, 1.54) is 11.3 Å². The topological polar surface area (TPSA) is 84.8 Å². The average Bonchev–Trinajstić information content (AvgIpc) is 3.23. The molecule has 3 aromatic rings. The molecule has 0 aliphatic heterocycles. The smallest absolute Gasteiger partial charge is 0.226 e. The highest BCUT2D eigenvalue weighted by Gasteiger charge is 2.17. The summed E-state index contributed by atoms with van der Waals surface area (Å²) in [7, 11) is 0. The van der Waals surface area contributed by atoms with Gasteiger partial charge in [0.2, 0.25) is 5.91 Å². The molecule has 2 N–H and O–H groups in total. The van der Waals surface area contributed by atoms with Crippen molar-refractivity contribution in [1.82, 2.24) is 19.7 Å². The van der Waals surface area contributed by atoms with Crippen LogP contribution in [0.25, 0.3) is 10.7 Å². The predicted molar refractivity (Wildman–Crippen MR) is 123 cm³/mol. The van der Waals surface area contributed by atoms with Crippen molar-refractivity contribution in [2.75, 3.05) is 11.9 Å². The summed E-state index contributed by atoms with van der Waals surface area (Å²) in [5.41, 5.74) is 1.74. The summed E-state index contributed by atoms with van der Waals surface area (Å²) in [6, 6.07) is 5.46. The zero-order valence-corrected chi connectivity index (χ0v) is 19.1. The Kier molecular flexibility index (Phi) is 7.41. The largest absolute Gasteiger partial charge is 0.493 e. The summed E-state index contributed by atoms with van der Waals surface area (Å²) in [5, 5.41) is 11.1. The second-order valence-electron chi connectivity index (χ2n) is 6.60. The first kappa shape index (κ1) is 22.2. The molecule has 0 saturated heterocycles. The van der Waals surface area contributed by atoms with E-state index in [-0.39, 0.29) is 5.91 Å². The Morgan fingerprint density at radius 3 is 3.00 bits per heavy atom. The standard InChI is InChI=1S/C20H22ClN5O2S2/c1-4-9-26-18(24-25-20(26)29)17-13(3)22-19(30-17)23-16(27)6-5-10-28-15-8-7-14(21)11-12(15)2/h4,7-8,11H,1,5-6,9-10H2,2-3H3,(H,25,29)(H,22,23,27). The zero-order chi connectivity index (χ0) is 21.7. The summed E-state index contributed by atoms with van der Waals surface area (Å²) >= 11 is 12.6. The molecule has 0 aliphatic carbocycles. The lowest BCUT2D eigenvalue weighted by Gasteiger charge is -2.09. The van der Waals surface area contributed by atoms with Crippen molar-refractivity contribution in [3.8, 4) is 16.5 Å². The number of aryl methyl sites for hydroxylation is 2. The van der Waals surface area contributed by atoms with Gasteiger partial charge in [0.1, 0.15) is 5.75 Å². The van der Waals surface area contributed by atoms with Gasteiger partial charge in [0.15, 0.2) is 15.7 Å². The summed E-state index contributed by atoms with van der Waals surface area (Å²) in [4.78, 5) is 17.6. The first-order valence-electron chi connectivity index (χ1n) is 9.31. The lowest BCUT2D eigenvalue weighted by atomic mass is 10.2. The fraction of sp³-hybridized carbons (Fsp3) is 0.300. The zero-order valence-electron chi connectivity index (χ0n) is 16.7. The van der Waals surface area contributed by atoms with Crippen LogP contribution in [0.3, 0.4) is 0 Å². The quantitative estimate of drug-likeness (QED) is 0.255. The van der Waals surface area contributed by atoms with Gasteiger partial charge in [-0.1, -0.05) is 29.0 Å². The van der Waals surface area contributed by atoms with E-state index in [1.54, 1.807) is 12.1 Å². The predicted octanol–water partition coefficient (Wildman–Crippen LogP) is 5.32. The van der Waals surface area contributed by atoms with Gasteiger partial charge < -0.3 is 10.1 Å². The summed E-state index contributed by atoms with van der Waals surface area (Å²) in [6.07, 6.45) is 2.67. The van der Waals surface area contributed by atoms with Crippen LogP contribution in [0, 0.1) is 18.6 Å². The SMILES string of the molecule is C=CCn1c(-c2sc(NC(=O)CCCOc3ccc(Cl)cc3C)nc2C)n[nH]c1=S. The summed E-state index contributed by atoms with van der Waals surface area (Å²) < 4.78 is 8.08.